The van der Waals surface area contributed by atoms with E-state index in [0.29, 0.717) is 13.1 Å². The number of carbonyl (C=O) groups is 1. The van der Waals surface area contributed by atoms with Gasteiger partial charge in [-0.1, -0.05) is 6.92 Å². The summed E-state index contributed by atoms with van der Waals surface area (Å²) >= 11 is 1.71. The molecule has 0 aromatic carbocycles. The molecule has 3 N–H and O–H groups in total. The number of aryl methyl sites for hydroxylation is 1. The van der Waals surface area contributed by atoms with E-state index in [4.69, 9.17) is 5.73 Å². The average Bonchev–Trinajstić information content (AvgIpc) is 2.70. The largest absolute Gasteiger partial charge is 0.351 e. The molecule has 1 heterocycles. The van der Waals surface area contributed by atoms with Gasteiger partial charge in [0.25, 0.3) is 0 Å². The van der Waals surface area contributed by atoms with Gasteiger partial charge in [0.1, 0.15) is 0 Å². The smallest absolute Gasteiger partial charge is 0.227 e. The summed E-state index contributed by atoms with van der Waals surface area (Å²) < 4.78 is 0. The van der Waals surface area contributed by atoms with Crippen molar-refractivity contribution in [1.82, 2.24) is 5.32 Å². The average molecular weight is 240 g/mol. The number of rotatable bonds is 5. The fourth-order valence-electron chi connectivity index (χ4n) is 1.36. The topological polar surface area (TPSA) is 55.1 Å². The number of nitrogens with one attached hydrogen (secondary N) is 1. The second-order valence-electron chi connectivity index (χ2n) is 4.31. The van der Waals surface area contributed by atoms with Crippen molar-refractivity contribution in [1.29, 1.82) is 0 Å². The van der Waals surface area contributed by atoms with Crippen LogP contribution in [-0.2, 0) is 11.3 Å². The standard InChI is InChI=1S/C12H20N2OS/c1-4-12(3,8-13)11(15)14-7-10-6-5-9(2)16-10/h5-6H,4,7-8,13H2,1-3H3,(H,14,15). The Balaban J connectivity index is 2.52. The summed E-state index contributed by atoms with van der Waals surface area (Å²) in [6, 6.07) is 4.11. The molecule has 0 saturated heterocycles. The van der Waals surface area contributed by atoms with Gasteiger partial charge in [0, 0.05) is 16.3 Å². The minimum absolute atomic E-state index is 0.0450. The Bertz CT molecular complexity index is 356. The highest BCUT2D eigenvalue weighted by molar-refractivity contribution is 7.11. The summed E-state index contributed by atoms with van der Waals surface area (Å²) in [7, 11) is 0. The van der Waals surface area contributed by atoms with Gasteiger partial charge >= 0.3 is 0 Å². The monoisotopic (exact) mass is 240 g/mol. The Hall–Kier alpha value is -0.870. The van der Waals surface area contributed by atoms with Gasteiger partial charge in [-0.2, -0.15) is 0 Å². The van der Waals surface area contributed by atoms with Crippen LogP contribution in [-0.4, -0.2) is 12.5 Å². The van der Waals surface area contributed by atoms with Crippen LogP contribution in [0.25, 0.3) is 0 Å². The lowest BCUT2D eigenvalue weighted by molar-refractivity contribution is -0.130. The number of carbonyl (C=O) groups excluding carboxylic acids is 1. The zero-order chi connectivity index (χ0) is 12.2. The third-order valence-corrected chi connectivity index (χ3v) is 4.00. The Morgan fingerprint density at radius 3 is 2.69 bits per heavy atom. The number of thiophene rings is 1. The van der Waals surface area contributed by atoms with Gasteiger partial charge in [0.05, 0.1) is 12.0 Å². The predicted molar refractivity (Wildman–Crippen MR) is 68.4 cm³/mol. The van der Waals surface area contributed by atoms with Crippen LogP contribution in [0.4, 0.5) is 0 Å². The quantitative estimate of drug-likeness (QED) is 0.827. The van der Waals surface area contributed by atoms with Crippen molar-refractivity contribution in [2.75, 3.05) is 6.54 Å². The Morgan fingerprint density at radius 2 is 2.25 bits per heavy atom. The van der Waals surface area contributed by atoms with Gasteiger partial charge in [-0.05, 0) is 32.4 Å². The van der Waals surface area contributed by atoms with Crippen LogP contribution in [0.3, 0.4) is 0 Å². The maximum Gasteiger partial charge on any atom is 0.227 e. The Labute approximate surface area is 101 Å². The summed E-state index contributed by atoms with van der Waals surface area (Å²) in [5.41, 5.74) is 5.20. The first-order valence-electron chi connectivity index (χ1n) is 5.55. The number of hydrogen-bond acceptors (Lipinski definition) is 3. The normalized spacial score (nSPS) is 14.5. The molecule has 3 nitrogen and oxygen atoms in total. The van der Waals surface area contributed by atoms with Crippen LogP contribution in [0.5, 0.6) is 0 Å². The maximum absolute atomic E-state index is 11.9. The highest BCUT2D eigenvalue weighted by atomic mass is 32.1. The van der Waals surface area contributed by atoms with Crippen LogP contribution in [0.2, 0.25) is 0 Å². The van der Waals surface area contributed by atoms with E-state index in [0.717, 1.165) is 6.42 Å². The summed E-state index contributed by atoms with van der Waals surface area (Å²) in [5, 5.41) is 2.95. The Morgan fingerprint density at radius 1 is 1.56 bits per heavy atom. The van der Waals surface area contributed by atoms with Crippen LogP contribution < -0.4 is 11.1 Å². The highest BCUT2D eigenvalue weighted by Crippen LogP contribution is 2.20. The summed E-state index contributed by atoms with van der Waals surface area (Å²) in [4.78, 5) is 14.4. The third kappa shape index (κ3) is 3.06. The minimum atomic E-state index is -0.438. The lowest BCUT2D eigenvalue weighted by Crippen LogP contribution is -2.43. The summed E-state index contributed by atoms with van der Waals surface area (Å²) in [5.74, 6) is 0.0450. The zero-order valence-corrected chi connectivity index (χ0v) is 11.0. The lowest BCUT2D eigenvalue weighted by atomic mass is 9.87. The molecule has 0 radical (unpaired) electrons. The molecule has 0 saturated carbocycles. The van der Waals surface area contributed by atoms with E-state index in [-0.39, 0.29) is 5.91 Å². The minimum Gasteiger partial charge on any atom is -0.351 e. The Kier molecular flexibility index (Phi) is 4.50. The van der Waals surface area contributed by atoms with E-state index in [9.17, 15) is 4.79 Å². The van der Waals surface area contributed by atoms with Crippen LogP contribution in [0.15, 0.2) is 12.1 Å². The fraction of sp³-hybridized carbons (Fsp3) is 0.583. The van der Waals surface area contributed by atoms with Gasteiger partial charge in [-0.25, -0.2) is 0 Å². The fourth-order valence-corrected chi connectivity index (χ4v) is 2.19. The molecule has 90 valence electrons. The molecule has 0 aliphatic rings. The lowest BCUT2D eigenvalue weighted by Gasteiger charge is -2.24. The van der Waals surface area contributed by atoms with E-state index >= 15 is 0 Å². The highest BCUT2D eigenvalue weighted by Gasteiger charge is 2.29. The molecule has 0 aliphatic carbocycles. The molecule has 16 heavy (non-hydrogen) atoms. The molecule has 1 aromatic heterocycles. The molecule has 1 aromatic rings. The molecule has 1 amide bonds. The van der Waals surface area contributed by atoms with Crippen molar-refractivity contribution in [3.63, 3.8) is 0 Å². The van der Waals surface area contributed by atoms with E-state index in [1.54, 1.807) is 11.3 Å². The molecule has 1 rings (SSSR count). The molecule has 4 heteroatoms. The molecular weight excluding hydrogens is 220 g/mol. The molecule has 0 spiro atoms. The van der Waals surface area contributed by atoms with E-state index in [1.807, 2.05) is 19.9 Å². The van der Waals surface area contributed by atoms with Crippen molar-refractivity contribution >= 4 is 17.2 Å². The number of nitrogens with two attached hydrogens (primary N) is 1. The zero-order valence-electron chi connectivity index (χ0n) is 10.2. The number of hydrogen-bond donors (Lipinski definition) is 2. The van der Waals surface area contributed by atoms with Crippen LogP contribution >= 0.6 is 11.3 Å². The van der Waals surface area contributed by atoms with E-state index < -0.39 is 5.41 Å². The van der Waals surface area contributed by atoms with Crippen molar-refractivity contribution in [2.45, 2.75) is 33.7 Å². The summed E-state index contributed by atoms with van der Waals surface area (Å²) in [6.07, 6.45) is 0.763. The van der Waals surface area contributed by atoms with Crippen molar-refractivity contribution in [3.05, 3.63) is 21.9 Å². The van der Waals surface area contributed by atoms with Crippen molar-refractivity contribution in [3.8, 4) is 0 Å². The van der Waals surface area contributed by atoms with Crippen molar-refractivity contribution < 1.29 is 4.79 Å². The first-order chi connectivity index (χ1) is 7.51. The molecule has 1 atom stereocenters. The van der Waals surface area contributed by atoms with E-state index in [1.165, 1.54) is 9.75 Å². The summed E-state index contributed by atoms with van der Waals surface area (Å²) in [6.45, 7) is 6.95. The van der Waals surface area contributed by atoms with Crippen LogP contribution in [0.1, 0.15) is 30.0 Å². The second kappa shape index (κ2) is 5.46. The molecule has 0 bridgehead atoms. The van der Waals surface area contributed by atoms with Crippen LogP contribution in [0, 0.1) is 12.3 Å². The molecule has 1 unspecified atom stereocenters. The first kappa shape index (κ1) is 13.2. The van der Waals surface area contributed by atoms with E-state index in [2.05, 4.69) is 18.3 Å². The SMILES string of the molecule is CCC(C)(CN)C(=O)NCc1ccc(C)s1. The van der Waals surface area contributed by atoms with Crippen molar-refractivity contribution in [2.24, 2.45) is 11.1 Å². The van der Waals surface area contributed by atoms with Gasteiger partial charge in [0.15, 0.2) is 0 Å². The second-order valence-corrected chi connectivity index (χ2v) is 5.69. The molecule has 0 aliphatic heterocycles. The van der Waals surface area contributed by atoms with Gasteiger partial charge in [-0.3, -0.25) is 4.79 Å². The first-order valence-corrected chi connectivity index (χ1v) is 6.37. The third-order valence-electron chi connectivity index (χ3n) is 3.00. The molecular formula is C12H20N2OS. The van der Waals surface area contributed by atoms with Gasteiger partial charge < -0.3 is 11.1 Å². The van der Waals surface area contributed by atoms with Gasteiger partial charge in [-0.15, -0.1) is 11.3 Å². The predicted octanol–water partition coefficient (Wildman–Crippen LogP) is 2.05. The molecule has 0 fully saturated rings. The number of amides is 1. The maximum atomic E-state index is 11.9. The van der Waals surface area contributed by atoms with Gasteiger partial charge in [0.2, 0.25) is 5.91 Å².